The molecule has 0 radical (unpaired) electrons. The Bertz CT molecular complexity index is 476. The molecule has 1 aromatic rings. The number of nitrogens with zero attached hydrogens (tertiary/aromatic N) is 1. The summed E-state index contributed by atoms with van der Waals surface area (Å²) in [6.45, 7) is 6.97. The normalized spacial score (nSPS) is 23.6. The maximum absolute atomic E-state index is 11.5. The predicted octanol–water partition coefficient (Wildman–Crippen LogP) is 3.54. The molecule has 1 aromatic carbocycles. The predicted molar refractivity (Wildman–Crippen MR) is 80.8 cm³/mol. The third-order valence-corrected chi connectivity index (χ3v) is 4.13. The van der Waals surface area contributed by atoms with E-state index in [9.17, 15) is 9.90 Å². The fourth-order valence-electron chi connectivity index (χ4n) is 3.37. The van der Waals surface area contributed by atoms with Crippen LogP contribution in [-0.2, 0) is 0 Å². The molecule has 1 heterocycles. The van der Waals surface area contributed by atoms with E-state index in [4.69, 9.17) is 5.73 Å². The van der Waals surface area contributed by atoms with Crippen LogP contribution in [0.2, 0.25) is 0 Å². The van der Waals surface area contributed by atoms with E-state index in [1.54, 1.807) is 4.90 Å². The standard InChI is InChI=1S/C16H24N2O2/c1-16(2,3)14-13(5-4-10-18(14)15(19)20)11-6-8-12(17)9-7-11/h6-9,13-14H,4-5,10,17H2,1-3H3,(H,19,20)/t13-,14?/m0/s1. The molecule has 1 saturated heterocycles. The van der Waals surface area contributed by atoms with Crippen LogP contribution in [-0.4, -0.2) is 28.7 Å². The molecule has 0 aliphatic carbocycles. The minimum atomic E-state index is -0.815. The Morgan fingerprint density at radius 2 is 1.90 bits per heavy atom. The van der Waals surface area contributed by atoms with Crippen LogP contribution in [0.3, 0.4) is 0 Å². The molecule has 110 valence electrons. The molecule has 4 nitrogen and oxygen atoms in total. The zero-order valence-electron chi connectivity index (χ0n) is 12.5. The van der Waals surface area contributed by atoms with Crippen molar-refractivity contribution >= 4 is 11.8 Å². The van der Waals surface area contributed by atoms with E-state index in [-0.39, 0.29) is 17.4 Å². The van der Waals surface area contributed by atoms with Crippen LogP contribution < -0.4 is 5.73 Å². The first-order chi connectivity index (χ1) is 9.30. The Morgan fingerprint density at radius 3 is 2.40 bits per heavy atom. The van der Waals surface area contributed by atoms with Gasteiger partial charge in [-0.15, -0.1) is 0 Å². The van der Waals surface area contributed by atoms with Crippen molar-refractivity contribution in [1.82, 2.24) is 4.90 Å². The quantitative estimate of drug-likeness (QED) is 0.771. The second-order valence-electron chi connectivity index (χ2n) is 6.70. The van der Waals surface area contributed by atoms with Gasteiger partial charge in [-0.1, -0.05) is 32.9 Å². The van der Waals surface area contributed by atoms with Crippen molar-refractivity contribution in [2.24, 2.45) is 5.41 Å². The van der Waals surface area contributed by atoms with Crippen LogP contribution in [0.4, 0.5) is 10.5 Å². The summed E-state index contributed by atoms with van der Waals surface area (Å²) in [4.78, 5) is 13.2. The Labute approximate surface area is 120 Å². The van der Waals surface area contributed by atoms with Crippen LogP contribution in [0, 0.1) is 5.41 Å². The Balaban J connectivity index is 2.38. The fraction of sp³-hybridized carbons (Fsp3) is 0.562. The van der Waals surface area contributed by atoms with Crippen molar-refractivity contribution < 1.29 is 9.90 Å². The van der Waals surface area contributed by atoms with Gasteiger partial charge in [0.1, 0.15) is 0 Å². The first kappa shape index (κ1) is 14.7. The van der Waals surface area contributed by atoms with Crippen molar-refractivity contribution in [3.05, 3.63) is 29.8 Å². The smallest absolute Gasteiger partial charge is 0.407 e. The number of benzene rings is 1. The highest BCUT2D eigenvalue weighted by Crippen LogP contribution is 2.41. The Hall–Kier alpha value is -1.71. The maximum atomic E-state index is 11.5. The molecule has 0 bridgehead atoms. The van der Waals surface area contributed by atoms with Crippen molar-refractivity contribution in [3.63, 3.8) is 0 Å². The molecule has 0 aromatic heterocycles. The Morgan fingerprint density at radius 1 is 1.30 bits per heavy atom. The molecule has 0 saturated carbocycles. The number of nitrogens with two attached hydrogens (primary N) is 1. The second kappa shape index (κ2) is 5.35. The van der Waals surface area contributed by atoms with Crippen LogP contribution >= 0.6 is 0 Å². The summed E-state index contributed by atoms with van der Waals surface area (Å²) < 4.78 is 0. The molecule has 20 heavy (non-hydrogen) atoms. The van der Waals surface area contributed by atoms with E-state index in [0.29, 0.717) is 6.54 Å². The maximum Gasteiger partial charge on any atom is 0.407 e. The van der Waals surface area contributed by atoms with Gasteiger partial charge in [0.15, 0.2) is 0 Å². The zero-order chi connectivity index (χ0) is 14.9. The lowest BCUT2D eigenvalue weighted by atomic mass is 9.71. The van der Waals surface area contributed by atoms with Gasteiger partial charge in [0.25, 0.3) is 0 Å². The van der Waals surface area contributed by atoms with E-state index in [1.165, 1.54) is 5.56 Å². The van der Waals surface area contributed by atoms with E-state index < -0.39 is 6.09 Å². The van der Waals surface area contributed by atoms with E-state index in [0.717, 1.165) is 18.5 Å². The molecule has 0 spiro atoms. The first-order valence-electron chi connectivity index (χ1n) is 7.15. The average molecular weight is 276 g/mol. The van der Waals surface area contributed by atoms with Crippen molar-refractivity contribution in [2.75, 3.05) is 12.3 Å². The molecule has 2 atom stereocenters. The number of piperidine rings is 1. The summed E-state index contributed by atoms with van der Waals surface area (Å²) in [5, 5.41) is 9.49. The van der Waals surface area contributed by atoms with Crippen LogP contribution in [0.15, 0.2) is 24.3 Å². The summed E-state index contributed by atoms with van der Waals surface area (Å²) in [6, 6.07) is 7.86. The number of amides is 1. The Kier molecular flexibility index (Phi) is 3.93. The minimum absolute atomic E-state index is 0.00243. The molecule has 1 aliphatic heterocycles. The third kappa shape index (κ3) is 2.89. The van der Waals surface area contributed by atoms with Gasteiger partial charge < -0.3 is 15.7 Å². The number of hydrogen-bond acceptors (Lipinski definition) is 2. The van der Waals surface area contributed by atoms with Gasteiger partial charge >= 0.3 is 6.09 Å². The lowest BCUT2D eigenvalue weighted by molar-refractivity contribution is 0.0457. The van der Waals surface area contributed by atoms with E-state index in [1.807, 2.05) is 24.3 Å². The molecule has 1 fully saturated rings. The molecular formula is C16H24N2O2. The molecule has 3 N–H and O–H groups in total. The van der Waals surface area contributed by atoms with Gasteiger partial charge in [-0.2, -0.15) is 0 Å². The highest BCUT2D eigenvalue weighted by Gasteiger charge is 2.42. The van der Waals surface area contributed by atoms with Crippen molar-refractivity contribution in [2.45, 2.75) is 45.6 Å². The van der Waals surface area contributed by atoms with Gasteiger partial charge in [0, 0.05) is 24.2 Å². The van der Waals surface area contributed by atoms with E-state index in [2.05, 4.69) is 20.8 Å². The number of nitrogen functional groups attached to an aromatic ring is 1. The summed E-state index contributed by atoms with van der Waals surface area (Å²) in [5.74, 6) is 0.237. The average Bonchev–Trinajstić information content (AvgIpc) is 2.37. The zero-order valence-corrected chi connectivity index (χ0v) is 12.5. The van der Waals surface area contributed by atoms with E-state index >= 15 is 0 Å². The number of rotatable bonds is 1. The number of hydrogen-bond donors (Lipinski definition) is 2. The SMILES string of the molecule is CC(C)(C)C1[C@H](c2ccc(N)cc2)CCCN1C(=O)O. The monoisotopic (exact) mass is 276 g/mol. The number of carbonyl (C=O) groups is 1. The molecule has 1 unspecified atom stereocenters. The number of likely N-dealkylation sites (tertiary alicyclic amines) is 1. The van der Waals surface area contributed by atoms with Crippen molar-refractivity contribution in [1.29, 1.82) is 0 Å². The van der Waals surface area contributed by atoms with Crippen LogP contribution in [0.25, 0.3) is 0 Å². The molecule has 4 heteroatoms. The summed E-state index contributed by atoms with van der Waals surface area (Å²) in [7, 11) is 0. The minimum Gasteiger partial charge on any atom is -0.465 e. The second-order valence-corrected chi connectivity index (χ2v) is 6.70. The summed E-state index contributed by atoms with van der Waals surface area (Å²) in [6.07, 6.45) is 1.12. The fourth-order valence-corrected chi connectivity index (χ4v) is 3.37. The highest BCUT2D eigenvalue weighted by atomic mass is 16.4. The van der Waals surface area contributed by atoms with Crippen LogP contribution in [0.1, 0.15) is 45.1 Å². The molecule has 1 amide bonds. The van der Waals surface area contributed by atoms with Gasteiger partial charge in [0.2, 0.25) is 0 Å². The number of anilines is 1. The number of carboxylic acid groups (broad SMARTS) is 1. The van der Waals surface area contributed by atoms with Gasteiger partial charge in [0.05, 0.1) is 0 Å². The summed E-state index contributed by atoms with van der Waals surface area (Å²) >= 11 is 0. The third-order valence-electron chi connectivity index (χ3n) is 4.13. The van der Waals surface area contributed by atoms with Crippen LogP contribution in [0.5, 0.6) is 0 Å². The highest BCUT2D eigenvalue weighted by molar-refractivity contribution is 5.66. The molecular weight excluding hydrogens is 252 g/mol. The molecule has 2 rings (SSSR count). The lowest BCUT2D eigenvalue weighted by Crippen LogP contribution is -2.53. The van der Waals surface area contributed by atoms with Gasteiger partial charge in [-0.25, -0.2) is 4.79 Å². The van der Waals surface area contributed by atoms with Crippen molar-refractivity contribution in [3.8, 4) is 0 Å². The largest absolute Gasteiger partial charge is 0.465 e. The van der Waals surface area contributed by atoms with Gasteiger partial charge in [-0.05, 0) is 36.0 Å². The molecule has 1 aliphatic rings. The topological polar surface area (TPSA) is 66.6 Å². The lowest BCUT2D eigenvalue weighted by Gasteiger charge is -2.47. The first-order valence-corrected chi connectivity index (χ1v) is 7.15. The van der Waals surface area contributed by atoms with Gasteiger partial charge in [-0.3, -0.25) is 0 Å². The summed E-state index contributed by atoms with van der Waals surface area (Å²) in [5.41, 5.74) is 7.58.